The van der Waals surface area contributed by atoms with Gasteiger partial charge in [0.1, 0.15) is 16.7 Å². The number of anilines is 2. The van der Waals surface area contributed by atoms with Crippen LogP contribution in [0.4, 0.5) is 10.8 Å². The van der Waals surface area contributed by atoms with Gasteiger partial charge in [0.2, 0.25) is 5.91 Å². The summed E-state index contributed by atoms with van der Waals surface area (Å²) in [5.74, 6) is -1.49. The van der Waals surface area contributed by atoms with Crippen molar-refractivity contribution in [1.82, 2.24) is 4.37 Å². The third-order valence-corrected chi connectivity index (χ3v) is 2.71. The van der Waals surface area contributed by atoms with Gasteiger partial charge in [0.15, 0.2) is 5.82 Å². The molecule has 6 N–H and O–H groups in total. The van der Waals surface area contributed by atoms with Crippen LogP contribution < -0.4 is 16.8 Å². The van der Waals surface area contributed by atoms with E-state index in [0.717, 1.165) is 11.5 Å². The van der Waals surface area contributed by atoms with E-state index in [0.29, 0.717) is 5.00 Å². The van der Waals surface area contributed by atoms with E-state index in [-0.39, 0.29) is 17.9 Å². The maximum Gasteiger partial charge on any atom is 0.344 e. The standard InChI is InChI=1S/C8H12N4O4S/c1-16-8(15)4-5(9)12-17-7(4)11-2-3(13)6(10)14/h3,11,13H,2H2,1H3,(H2,9,12)(H2,10,14). The van der Waals surface area contributed by atoms with Gasteiger partial charge in [-0.25, -0.2) is 4.79 Å². The molecule has 0 aliphatic heterocycles. The molecule has 0 saturated heterocycles. The first-order chi connectivity index (χ1) is 7.97. The van der Waals surface area contributed by atoms with Crippen molar-refractivity contribution in [3.63, 3.8) is 0 Å². The van der Waals surface area contributed by atoms with Crippen molar-refractivity contribution in [2.45, 2.75) is 6.10 Å². The molecular formula is C8H12N4O4S. The maximum absolute atomic E-state index is 11.4. The fraction of sp³-hybridized carbons (Fsp3) is 0.375. The van der Waals surface area contributed by atoms with Gasteiger partial charge in [-0.15, -0.1) is 0 Å². The predicted octanol–water partition coefficient (Wildman–Crippen LogP) is -1.23. The Bertz CT molecular complexity index is 433. The summed E-state index contributed by atoms with van der Waals surface area (Å²) in [5.41, 5.74) is 10.4. The van der Waals surface area contributed by atoms with Crippen molar-refractivity contribution in [3.8, 4) is 0 Å². The van der Waals surface area contributed by atoms with Crippen LogP contribution in [0.25, 0.3) is 0 Å². The molecule has 1 aromatic rings. The number of nitrogen functional groups attached to an aromatic ring is 1. The summed E-state index contributed by atoms with van der Waals surface area (Å²) in [5, 5.41) is 12.2. The molecule has 8 nitrogen and oxygen atoms in total. The van der Waals surface area contributed by atoms with Crippen molar-refractivity contribution < 1.29 is 19.4 Å². The van der Waals surface area contributed by atoms with Crippen LogP contribution in [0.1, 0.15) is 10.4 Å². The molecule has 1 unspecified atom stereocenters. The summed E-state index contributed by atoms with van der Waals surface area (Å²) < 4.78 is 8.29. The molecule has 1 heterocycles. The van der Waals surface area contributed by atoms with Crippen molar-refractivity contribution in [2.75, 3.05) is 24.7 Å². The smallest absolute Gasteiger partial charge is 0.344 e. The Hall–Kier alpha value is -1.87. The number of rotatable bonds is 5. The number of aliphatic hydroxyl groups excluding tert-OH is 1. The summed E-state index contributed by atoms with van der Waals surface area (Å²) in [7, 11) is 1.21. The van der Waals surface area contributed by atoms with Crippen LogP contribution in [0.3, 0.4) is 0 Å². The zero-order valence-electron chi connectivity index (χ0n) is 8.97. The normalized spacial score (nSPS) is 11.9. The quantitative estimate of drug-likeness (QED) is 0.486. The Morgan fingerprint density at radius 3 is 2.82 bits per heavy atom. The van der Waals surface area contributed by atoms with Crippen molar-refractivity contribution in [2.24, 2.45) is 5.73 Å². The van der Waals surface area contributed by atoms with E-state index < -0.39 is 18.0 Å². The molecule has 0 saturated carbocycles. The lowest BCUT2D eigenvalue weighted by Gasteiger charge is -2.08. The molecule has 1 aromatic heterocycles. The minimum Gasteiger partial charge on any atom is -0.465 e. The highest BCUT2D eigenvalue weighted by Gasteiger charge is 2.21. The molecule has 0 fully saturated rings. The van der Waals surface area contributed by atoms with Crippen LogP contribution >= 0.6 is 11.5 Å². The van der Waals surface area contributed by atoms with E-state index in [1.165, 1.54) is 7.11 Å². The fourth-order valence-electron chi connectivity index (χ4n) is 1.01. The highest BCUT2D eigenvalue weighted by atomic mass is 32.1. The third kappa shape index (κ3) is 3.04. The highest BCUT2D eigenvalue weighted by molar-refractivity contribution is 7.11. The molecule has 94 valence electrons. The number of carbonyl (C=O) groups excluding carboxylic acids is 2. The minimum atomic E-state index is -1.36. The van der Waals surface area contributed by atoms with E-state index in [1.54, 1.807) is 0 Å². The molecule has 0 spiro atoms. The number of ether oxygens (including phenoxy) is 1. The van der Waals surface area contributed by atoms with E-state index >= 15 is 0 Å². The highest BCUT2D eigenvalue weighted by Crippen LogP contribution is 2.27. The number of esters is 1. The molecule has 0 aromatic carbocycles. The lowest BCUT2D eigenvalue weighted by atomic mass is 10.3. The predicted molar refractivity (Wildman–Crippen MR) is 61.6 cm³/mol. The molecule has 1 amide bonds. The molecule has 1 rings (SSSR count). The van der Waals surface area contributed by atoms with E-state index in [1.807, 2.05) is 0 Å². The number of nitrogens with two attached hydrogens (primary N) is 2. The average Bonchev–Trinajstić information content (AvgIpc) is 2.66. The number of methoxy groups -OCH3 is 1. The SMILES string of the molecule is COC(=O)c1c(N)nsc1NCC(O)C(N)=O. The number of nitrogens with one attached hydrogen (secondary N) is 1. The summed E-state index contributed by atoms with van der Waals surface area (Å²) in [6.07, 6.45) is -1.36. The molecular weight excluding hydrogens is 248 g/mol. The van der Waals surface area contributed by atoms with Crippen LogP contribution in [0.2, 0.25) is 0 Å². The number of amides is 1. The van der Waals surface area contributed by atoms with E-state index in [4.69, 9.17) is 11.5 Å². The zero-order valence-corrected chi connectivity index (χ0v) is 9.78. The summed E-state index contributed by atoms with van der Waals surface area (Å²) in [6.45, 7) is -0.138. The van der Waals surface area contributed by atoms with Gasteiger partial charge in [-0.2, -0.15) is 4.37 Å². The number of hydrogen-bond donors (Lipinski definition) is 4. The van der Waals surface area contributed by atoms with Crippen LogP contribution in [0.5, 0.6) is 0 Å². The topological polar surface area (TPSA) is 141 Å². The fourth-order valence-corrected chi connectivity index (χ4v) is 1.72. The molecule has 9 heteroatoms. The van der Waals surface area contributed by atoms with Gasteiger partial charge < -0.3 is 26.6 Å². The maximum atomic E-state index is 11.4. The van der Waals surface area contributed by atoms with Gasteiger partial charge in [0.25, 0.3) is 0 Å². The monoisotopic (exact) mass is 260 g/mol. The van der Waals surface area contributed by atoms with E-state index in [9.17, 15) is 14.7 Å². The Kier molecular flexibility index (Phi) is 4.24. The first-order valence-electron chi connectivity index (χ1n) is 4.52. The second-order valence-electron chi connectivity index (χ2n) is 3.06. The van der Waals surface area contributed by atoms with Crippen LogP contribution in [-0.4, -0.2) is 41.1 Å². The number of hydrogen-bond acceptors (Lipinski definition) is 8. The van der Waals surface area contributed by atoms with Gasteiger partial charge in [0.05, 0.1) is 13.7 Å². The van der Waals surface area contributed by atoms with Crippen LogP contribution in [-0.2, 0) is 9.53 Å². The average molecular weight is 260 g/mol. The second kappa shape index (κ2) is 5.46. The van der Waals surface area contributed by atoms with Gasteiger partial charge in [-0.3, -0.25) is 4.79 Å². The second-order valence-corrected chi connectivity index (χ2v) is 3.84. The lowest BCUT2D eigenvalue weighted by Crippen LogP contribution is -2.34. The third-order valence-electron chi connectivity index (χ3n) is 1.89. The molecule has 17 heavy (non-hydrogen) atoms. The van der Waals surface area contributed by atoms with Gasteiger partial charge >= 0.3 is 5.97 Å². The van der Waals surface area contributed by atoms with Crippen molar-refractivity contribution in [3.05, 3.63) is 5.56 Å². The first-order valence-corrected chi connectivity index (χ1v) is 5.29. The summed E-state index contributed by atoms with van der Waals surface area (Å²) >= 11 is 0.923. The van der Waals surface area contributed by atoms with Crippen LogP contribution in [0, 0.1) is 0 Å². The molecule has 0 radical (unpaired) electrons. The van der Waals surface area contributed by atoms with Gasteiger partial charge in [-0.05, 0) is 11.5 Å². The Morgan fingerprint density at radius 2 is 2.29 bits per heavy atom. The number of aliphatic hydroxyl groups is 1. The summed E-state index contributed by atoms with van der Waals surface area (Å²) in [6, 6.07) is 0. The minimum absolute atomic E-state index is 0.0258. The van der Waals surface area contributed by atoms with Crippen LogP contribution in [0.15, 0.2) is 0 Å². The largest absolute Gasteiger partial charge is 0.465 e. The molecule has 0 aliphatic carbocycles. The molecule has 0 aliphatic rings. The Balaban J connectivity index is 2.78. The Morgan fingerprint density at radius 1 is 1.65 bits per heavy atom. The van der Waals surface area contributed by atoms with Gasteiger partial charge in [-0.1, -0.05) is 0 Å². The molecule has 0 bridgehead atoms. The number of aromatic nitrogens is 1. The molecule has 1 atom stereocenters. The lowest BCUT2D eigenvalue weighted by molar-refractivity contribution is -0.125. The van der Waals surface area contributed by atoms with E-state index in [2.05, 4.69) is 14.4 Å². The number of nitrogens with zero attached hydrogens (tertiary/aromatic N) is 1. The zero-order chi connectivity index (χ0) is 13.0. The summed E-state index contributed by atoms with van der Waals surface area (Å²) in [4.78, 5) is 22.0. The number of carbonyl (C=O) groups is 2. The van der Waals surface area contributed by atoms with Gasteiger partial charge in [0, 0.05) is 0 Å². The van der Waals surface area contributed by atoms with Crippen molar-refractivity contribution >= 4 is 34.2 Å². The first kappa shape index (κ1) is 13.2. The number of primary amides is 1. The van der Waals surface area contributed by atoms with Crippen molar-refractivity contribution in [1.29, 1.82) is 0 Å². The Labute approximate surface area is 101 Å².